The number of thiol groups is 1. The van der Waals surface area contributed by atoms with Gasteiger partial charge in [0, 0.05) is 37.0 Å². The lowest BCUT2D eigenvalue weighted by molar-refractivity contribution is -0.122. The molecule has 136 valence electrons. The zero-order chi connectivity index (χ0) is 18.2. The van der Waals surface area contributed by atoms with Crippen LogP contribution in [-0.4, -0.2) is 36.9 Å². The number of hydrogen-bond donors (Lipinski definition) is 2. The maximum absolute atomic E-state index is 11.8. The van der Waals surface area contributed by atoms with Gasteiger partial charge in [-0.3, -0.25) is 9.48 Å². The van der Waals surface area contributed by atoms with Crippen molar-refractivity contribution in [3.8, 4) is 11.3 Å². The Balaban J connectivity index is 1.67. The second kappa shape index (κ2) is 9.50. The van der Waals surface area contributed by atoms with Gasteiger partial charge in [0.1, 0.15) is 5.69 Å². The fourth-order valence-electron chi connectivity index (χ4n) is 2.22. The smallest absolute Gasteiger partial charge is 0.220 e. The van der Waals surface area contributed by atoms with Crippen molar-refractivity contribution in [2.75, 3.05) is 0 Å². The Morgan fingerprint density at radius 1 is 1.20 bits per heavy atom. The summed E-state index contributed by atoms with van der Waals surface area (Å²) in [5.74, 6) is 0.594. The molecule has 25 heavy (non-hydrogen) atoms. The Bertz CT molecular complexity index is 670. The SMILES string of the molecule is CC(C)C(C)NC(=O)CCCCCn1cc(-c2cnc(S)nc2)nn1. The van der Waals surface area contributed by atoms with Crippen molar-refractivity contribution in [1.82, 2.24) is 30.3 Å². The summed E-state index contributed by atoms with van der Waals surface area (Å²) in [4.78, 5) is 19.9. The van der Waals surface area contributed by atoms with Crippen LogP contribution in [-0.2, 0) is 11.3 Å². The molecule has 0 aliphatic rings. The van der Waals surface area contributed by atoms with Gasteiger partial charge in [-0.05, 0) is 25.7 Å². The molecule has 0 aliphatic heterocycles. The zero-order valence-electron chi connectivity index (χ0n) is 15.0. The molecular formula is C17H26N6OS. The fraction of sp³-hybridized carbons (Fsp3) is 0.588. The maximum Gasteiger partial charge on any atom is 0.220 e. The van der Waals surface area contributed by atoms with E-state index < -0.39 is 0 Å². The van der Waals surface area contributed by atoms with Crippen molar-refractivity contribution in [2.45, 2.75) is 64.2 Å². The minimum absolute atomic E-state index is 0.136. The van der Waals surface area contributed by atoms with Crippen LogP contribution in [0.25, 0.3) is 11.3 Å². The Kier molecular flexibility index (Phi) is 7.36. The summed E-state index contributed by atoms with van der Waals surface area (Å²) in [6.45, 7) is 7.04. The third-order valence-corrected chi connectivity index (χ3v) is 4.38. The number of nitrogens with zero attached hydrogens (tertiary/aromatic N) is 5. The molecule has 2 aromatic heterocycles. The van der Waals surface area contributed by atoms with Gasteiger partial charge >= 0.3 is 0 Å². The Hall–Kier alpha value is -1.96. The molecule has 7 nitrogen and oxygen atoms in total. The van der Waals surface area contributed by atoms with E-state index in [0.29, 0.717) is 17.5 Å². The predicted molar refractivity (Wildman–Crippen MR) is 99.2 cm³/mol. The first-order chi connectivity index (χ1) is 12.0. The quantitative estimate of drug-likeness (QED) is 0.407. The van der Waals surface area contributed by atoms with E-state index in [-0.39, 0.29) is 11.9 Å². The molecule has 1 amide bonds. The van der Waals surface area contributed by atoms with Crippen LogP contribution < -0.4 is 5.32 Å². The third-order valence-electron chi connectivity index (χ3n) is 4.15. The van der Waals surface area contributed by atoms with Gasteiger partial charge in [-0.2, -0.15) is 0 Å². The maximum atomic E-state index is 11.8. The molecule has 1 N–H and O–H groups in total. The summed E-state index contributed by atoms with van der Waals surface area (Å²) in [5, 5.41) is 11.7. The normalized spacial score (nSPS) is 12.4. The molecule has 2 rings (SSSR count). The van der Waals surface area contributed by atoms with Crippen LogP contribution in [0.2, 0.25) is 0 Å². The minimum Gasteiger partial charge on any atom is -0.353 e. The largest absolute Gasteiger partial charge is 0.353 e. The highest BCUT2D eigenvalue weighted by Gasteiger charge is 2.10. The first-order valence-corrected chi connectivity index (χ1v) is 9.11. The highest BCUT2D eigenvalue weighted by molar-refractivity contribution is 7.80. The molecule has 0 saturated carbocycles. The van der Waals surface area contributed by atoms with Gasteiger partial charge in [-0.25, -0.2) is 9.97 Å². The number of carbonyl (C=O) groups excluding carboxylic acids is 1. The highest BCUT2D eigenvalue weighted by Crippen LogP contribution is 2.14. The first-order valence-electron chi connectivity index (χ1n) is 8.66. The minimum atomic E-state index is 0.136. The van der Waals surface area contributed by atoms with Gasteiger partial charge in [-0.1, -0.05) is 25.5 Å². The lowest BCUT2D eigenvalue weighted by atomic mass is 10.1. The van der Waals surface area contributed by atoms with Crippen LogP contribution in [0.5, 0.6) is 0 Å². The summed E-state index contributed by atoms with van der Waals surface area (Å²) < 4.78 is 1.81. The first kappa shape index (κ1) is 19.4. The topological polar surface area (TPSA) is 85.6 Å². The summed E-state index contributed by atoms with van der Waals surface area (Å²) >= 11 is 4.07. The zero-order valence-corrected chi connectivity index (χ0v) is 15.9. The number of rotatable bonds is 9. The van der Waals surface area contributed by atoms with Gasteiger partial charge in [0.15, 0.2) is 5.16 Å². The van der Waals surface area contributed by atoms with Gasteiger partial charge in [0.25, 0.3) is 0 Å². The molecule has 8 heteroatoms. The van der Waals surface area contributed by atoms with E-state index in [1.807, 2.05) is 17.8 Å². The van der Waals surface area contributed by atoms with Crippen LogP contribution in [0.1, 0.15) is 46.5 Å². The highest BCUT2D eigenvalue weighted by atomic mass is 32.1. The molecule has 1 atom stereocenters. The van der Waals surface area contributed by atoms with Gasteiger partial charge in [0.2, 0.25) is 5.91 Å². The summed E-state index contributed by atoms with van der Waals surface area (Å²) in [6.07, 6.45) is 8.65. The molecule has 0 aliphatic carbocycles. The molecular weight excluding hydrogens is 336 g/mol. The Morgan fingerprint density at radius 3 is 2.60 bits per heavy atom. The summed E-state index contributed by atoms with van der Waals surface area (Å²) in [6, 6.07) is 0.224. The molecule has 2 heterocycles. The number of unbranched alkanes of at least 4 members (excludes halogenated alkanes) is 2. The van der Waals surface area contributed by atoms with Crippen LogP contribution >= 0.6 is 12.6 Å². The molecule has 2 aromatic rings. The number of carbonyl (C=O) groups is 1. The van der Waals surface area contributed by atoms with Crippen LogP contribution in [0.15, 0.2) is 23.7 Å². The average molecular weight is 363 g/mol. The molecule has 0 saturated heterocycles. The van der Waals surface area contributed by atoms with E-state index in [2.05, 4.69) is 52.1 Å². The second-order valence-electron chi connectivity index (χ2n) is 6.55. The molecule has 0 radical (unpaired) electrons. The van der Waals surface area contributed by atoms with Gasteiger partial charge in [0.05, 0.1) is 6.20 Å². The third kappa shape index (κ3) is 6.45. The van der Waals surface area contributed by atoms with Crippen LogP contribution in [0, 0.1) is 5.92 Å². The standard InChI is InChI=1S/C17H26N6OS/c1-12(2)13(3)20-16(24)7-5-4-6-8-23-11-15(21-22-23)14-9-18-17(25)19-10-14/h9-13H,4-8H2,1-3H3,(H,20,24)(H,18,19,25). The number of aryl methyl sites for hydroxylation is 1. The number of amides is 1. The molecule has 1 unspecified atom stereocenters. The van der Waals surface area contributed by atoms with E-state index >= 15 is 0 Å². The molecule has 0 fully saturated rings. The van der Waals surface area contributed by atoms with Gasteiger partial charge in [-0.15, -0.1) is 17.7 Å². The monoisotopic (exact) mass is 362 g/mol. The van der Waals surface area contributed by atoms with Crippen molar-refractivity contribution in [1.29, 1.82) is 0 Å². The second-order valence-corrected chi connectivity index (χ2v) is 6.95. The number of aromatic nitrogens is 5. The Labute approximate surface area is 154 Å². The summed E-state index contributed by atoms with van der Waals surface area (Å²) in [7, 11) is 0. The van der Waals surface area contributed by atoms with Crippen LogP contribution in [0.4, 0.5) is 0 Å². The van der Waals surface area contributed by atoms with Crippen molar-refractivity contribution >= 4 is 18.5 Å². The van der Waals surface area contributed by atoms with Crippen molar-refractivity contribution in [3.05, 3.63) is 18.6 Å². The van der Waals surface area contributed by atoms with E-state index in [0.717, 1.165) is 37.1 Å². The lowest BCUT2D eigenvalue weighted by Crippen LogP contribution is -2.35. The van der Waals surface area contributed by atoms with E-state index in [4.69, 9.17) is 0 Å². The average Bonchev–Trinajstić information content (AvgIpc) is 3.04. The fourth-order valence-corrected chi connectivity index (χ4v) is 2.34. The predicted octanol–water partition coefficient (Wildman–Crippen LogP) is 2.74. The Morgan fingerprint density at radius 2 is 1.92 bits per heavy atom. The number of nitrogens with one attached hydrogen (secondary N) is 1. The van der Waals surface area contributed by atoms with E-state index in [1.165, 1.54) is 0 Å². The molecule has 0 spiro atoms. The van der Waals surface area contributed by atoms with Crippen molar-refractivity contribution in [2.24, 2.45) is 5.92 Å². The number of hydrogen-bond acceptors (Lipinski definition) is 6. The van der Waals surface area contributed by atoms with Crippen molar-refractivity contribution in [3.63, 3.8) is 0 Å². The van der Waals surface area contributed by atoms with E-state index in [1.54, 1.807) is 12.4 Å². The van der Waals surface area contributed by atoms with Gasteiger partial charge < -0.3 is 5.32 Å². The molecule has 0 aromatic carbocycles. The lowest BCUT2D eigenvalue weighted by Gasteiger charge is -2.17. The van der Waals surface area contributed by atoms with Crippen LogP contribution in [0.3, 0.4) is 0 Å². The van der Waals surface area contributed by atoms with Crippen molar-refractivity contribution < 1.29 is 4.79 Å². The molecule has 0 bridgehead atoms. The van der Waals surface area contributed by atoms with E-state index in [9.17, 15) is 4.79 Å². The summed E-state index contributed by atoms with van der Waals surface area (Å²) in [5.41, 5.74) is 1.57.